The van der Waals surface area contributed by atoms with Gasteiger partial charge in [-0.15, -0.1) is 23.4 Å². The lowest BCUT2D eigenvalue weighted by Gasteiger charge is -2.26. The van der Waals surface area contributed by atoms with E-state index in [-0.39, 0.29) is 28.9 Å². The van der Waals surface area contributed by atoms with Crippen molar-refractivity contribution < 1.29 is 40.3 Å². The maximum absolute atomic E-state index is 13.5. The molecule has 6 rings (SSSR count). The molecule has 0 bridgehead atoms. The zero-order chi connectivity index (χ0) is 32.7. The van der Waals surface area contributed by atoms with E-state index in [0.29, 0.717) is 48.4 Å². The van der Waals surface area contributed by atoms with Gasteiger partial charge in [-0.3, -0.25) is 9.78 Å². The third-order valence-electron chi connectivity index (χ3n) is 7.77. The van der Waals surface area contributed by atoms with Crippen LogP contribution in [0, 0.1) is 11.3 Å². The number of sulfone groups is 1. The summed E-state index contributed by atoms with van der Waals surface area (Å²) in [5.41, 5.74) is 7.02. The van der Waals surface area contributed by atoms with Gasteiger partial charge >= 0.3 is 6.36 Å². The van der Waals surface area contributed by atoms with Gasteiger partial charge in [0.05, 0.1) is 46.9 Å². The van der Waals surface area contributed by atoms with Crippen molar-refractivity contribution >= 4 is 21.4 Å². The lowest BCUT2D eigenvalue weighted by atomic mass is 9.82. The highest BCUT2D eigenvalue weighted by molar-refractivity contribution is 7.91. The second kappa shape index (κ2) is 11.8. The van der Waals surface area contributed by atoms with Crippen LogP contribution in [0.15, 0.2) is 70.1 Å². The Morgan fingerprint density at radius 3 is 2.43 bits per heavy atom. The first-order valence-corrected chi connectivity index (χ1v) is 15.6. The topological polar surface area (TPSA) is 175 Å². The van der Waals surface area contributed by atoms with Crippen LogP contribution in [0.25, 0.3) is 22.7 Å². The Labute approximate surface area is 260 Å². The van der Waals surface area contributed by atoms with E-state index in [1.807, 2.05) is 0 Å². The minimum Gasteiger partial charge on any atom is -0.419 e. The van der Waals surface area contributed by atoms with Crippen LogP contribution in [-0.2, 0) is 31.3 Å². The lowest BCUT2D eigenvalue weighted by Crippen LogP contribution is -2.45. The molecule has 0 radical (unpaired) electrons. The van der Waals surface area contributed by atoms with Crippen LogP contribution in [0.4, 0.5) is 18.9 Å². The molecule has 238 valence electrons. The minimum atomic E-state index is -4.84. The standard InChI is InChI=1S/C30H25F3N6O6S/c31-30(32,33)45-21-6-7-23(36-14-21)19-3-1-18(2-4-19)15-39-24-13-20(5-8-25(24)46(41,42)16-22(35)27(39)40)26-37-38-28(44-26)29(17-34)9-11-43-12-10-29/h1-8,13-14,22H,9-12,15-16,35H2/t22-/m0/s1. The number of halogens is 3. The molecule has 0 aliphatic carbocycles. The highest BCUT2D eigenvalue weighted by atomic mass is 32.2. The Hall–Kier alpha value is -4.85. The largest absolute Gasteiger partial charge is 0.573 e. The van der Waals surface area contributed by atoms with Crippen molar-refractivity contribution in [3.8, 4) is 34.5 Å². The number of aromatic nitrogens is 3. The number of hydrogen-bond donors (Lipinski definition) is 1. The summed E-state index contributed by atoms with van der Waals surface area (Å²) in [5.74, 6) is -1.50. The average molecular weight is 655 g/mol. The van der Waals surface area contributed by atoms with E-state index in [2.05, 4.69) is 26.0 Å². The quantitative estimate of drug-likeness (QED) is 0.319. The number of carbonyl (C=O) groups excluding carboxylic acids is 1. The summed E-state index contributed by atoms with van der Waals surface area (Å²) in [6.45, 7) is 0.664. The first kappa shape index (κ1) is 31.1. The summed E-state index contributed by atoms with van der Waals surface area (Å²) in [6.07, 6.45) is -3.13. The Balaban J connectivity index is 1.31. The molecule has 0 unspecified atom stereocenters. The molecule has 2 N–H and O–H groups in total. The number of fused-ring (bicyclic) bond motifs is 1. The number of carbonyl (C=O) groups is 1. The number of hydrogen-bond acceptors (Lipinski definition) is 11. The summed E-state index contributed by atoms with van der Waals surface area (Å²) >= 11 is 0. The van der Waals surface area contributed by atoms with Crippen LogP contribution in [0.1, 0.15) is 24.3 Å². The van der Waals surface area contributed by atoms with E-state index in [0.717, 1.165) is 12.3 Å². The molecule has 1 amide bonds. The molecule has 16 heteroatoms. The maximum Gasteiger partial charge on any atom is 0.573 e. The number of benzene rings is 2. The van der Waals surface area contributed by atoms with Crippen molar-refractivity contribution in [1.82, 2.24) is 15.2 Å². The van der Waals surface area contributed by atoms with E-state index in [1.165, 1.54) is 29.2 Å². The SMILES string of the molecule is N#CC1(c2nnc(-c3ccc4c(c3)N(Cc3ccc(-c5ccc(OC(F)(F)F)cn5)cc3)C(=O)[C@@H](N)CS4(=O)=O)o2)CCOCC1. The average Bonchev–Trinajstić information content (AvgIpc) is 3.52. The van der Waals surface area contributed by atoms with E-state index < -0.39 is 45.1 Å². The molecule has 4 aromatic rings. The number of nitrogens with two attached hydrogens (primary N) is 1. The predicted molar refractivity (Wildman–Crippen MR) is 155 cm³/mol. The fraction of sp³-hybridized carbons (Fsp3) is 0.300. The molecule has 1 fully saturated rings. The van der Waals surface area contributed by atoms with Gasteiger partial charge < -0.3 is 24.5 Å². The van der Waals surface area contributed by atoms with Crippen molar-refractivity contribution in [3.05, 3.63) is 72.2 Å². The van der Waals surface area contributed by atoms with Gasteiger partial charge in [-0.2, -0.15) is 5.26 Å². The number of pyridine rings is 1. The van der Waals surface area contributed by atoms with Gasteiger partial charge in [0.25, 0.3) is 0 Å². The molecular weight excluding hydrogens is 629 g/mol. The van der Waals surface area contributed by atoms with Gasteiger partial charge in [-0.05, 0) is 48.7 Å². The van der Waals surface area contributed by atoms with Crippen molar-refractivity contribution in [1.29, 1.82) is 5.26 Å². The zero-order valence-electron chi connectivity index (χ0n) is 23.9. The summed E-state index contributed by atoms with van der Waals surface area (Å²) < 4.78 is 79.1. The highest BCUT2D eigenvalue weighted by Gasteiger charge is 2.41. The van der Waals surface area contributed by atoms with Gasteiger partial charge in [0.1, 0.15) is 11.2 Å². The molecule has 2 aliphatic rings. The van der Waals surface area contributed by atoms with E-state index in [1.54, 1.807) is 24.3 Å². The van der Waals surface area contributed by atoms with Crippen molar-refractivity contribution in [2.24, 2.45) is 5.73 Å². The van der Waals surface area contributed by atoms with Crippen molar-refractivity contribution in [2.45, 2.75) is 42.1 Å². The molecule has 46 heavy (non-hydrogen) atoms. The second-order valence-corrected chi connectivity index (χ2v) is 12.8. The lowest BCUT2D eigenvalue weighted by molar-refractivity contribution is -0.274. The van der Waals surface area contributed by atoms with Crippen molar-refractivity contribution in [3.63, 3.8) is 0 Å². The number of nitrogens with zero attached hydrogens (tertiary/aromatic N) is 5. The number of alkyl halides is 3. The minimum absolute atomic E-state index is 0.0424. The Bertz CT molecular complexity index is 1920. The van der Waals surface area contributed by atoms with Gasteiger partial charge in [0, 0.05) is 24.3 Å². The molecule has 2 aromatic carbocycles. The molecule has 12 nitrogen and oxygen atoms in total. The number of rotatable bonds is 6. The number of amides is 1. The van der Waals surface area contributed by atoms with Crippen LogP contribution in [0.5, 0.6) is 5.75 Å². The third-order valence-corrected chi connectivity index (χ3v) is 9.58. The zero-order valence-corrected chi connectivity index (χ0v) is 24.7. The van der Waals surface area contributed by atoms with Gasteiger partial charge in [-0.1, -0.05) is 24.3 Å². The molecule has 2 aromatic heterocycles. The molecule has 2 aliphatic heterocycles. The van der Waals surface area contributed by atoms with E-state index in [4.69, 9.17) is 14.9 Å². The first-order chi connectivity index (χ1) is 21.9. The molecular formula is C30H25F3N6O6S. The molecule has 4 heterocycles. The summed E-state index contributed by atoms with van der Waals surface area (Å²) in [6, 6.07) is 14.5. The second-order valence-electron chi connectivity index (χ2n) is 10.8. The fourth-order valence-corrected chi connectivity index (χ4v) is 6.90. The van der Waals surface area contributed by atoms with E-state index >= 15 is 0 Å². The molecule has 0 spiro atoms. The molecule has 0 saturated carbocycles. The summed E-state index contributed by atoms with van der Waals surface area (Å²) in [5, 5.41) is 18.1. The first-order valence-electron chi connectivity index (χ1n) is 14.0. The Kier molecular flexibility index (Phi) is 8.00. The predicted octanol–water partition coefficient (Wildman–Crippen LogP) is 3.92. The molecule has 1 atom stereocenters. The summed E-state index contributed by atoms with van der Waals surface area (Å²) in [7, 11) is -3.97. The van der Waals surface area contributed by atoms with Crippen LogP contribution in [0.3, 0.4) is 0 Å². The van der Waals surface area contributed by atoms with Crippen LogP contribution in [0.2, 0.25) is 0 Å². The van der Waals surface area contributed by atoms with Crippen LogP contribution < -0.4 is 15.4 Å². The van der Waals surface area contributed by atoms with Crippen molar-refractivity contribution in [2.75, 3.05) is 23.9 Å². The maximum atomic E-state index is 13.5. The smallest absolute Gasteiger partial charge is 0.419 e. The van der Waals surface area contributed by atoms with Gasteiger partial charge in [0.15, 0.2) is 9.84 Å². The molecule has 1 saturated heterocycles. The number of nitriles is 1. The Morgan fingerprint density at radius 2 is 1.78 bits per heavy atom. The van der Waals surface area contributed by atoms with Gasteiger partial charge in [0.2, 0.25) is 17.7 Å². The highest BCUT2D eigenvalue weighted by Crippen LogP contribution is 2.38. The fourth-order valence-electron chi connectivity index (χ4n) is 5.34. The number of anilines is 1. The third kappa shape index (κ3) is 6.16. The number of ether oxygens (including phenoxy) is 2. The van der Waals surface area contributed by atoms with E-state index in [9.17, 15) is 31.6 Å². The Morgan fingerprint density at radius 1 is 1.07 bits per heavy atom. The van der Waals surface area contributed by atoms with Crippen LogP contribution >= 0.6 is 0 Å². The monoisotopic (exact) mass is 654 g/mol. The summed E-state index contributed by atoms with van der Waals surface area (Å²) in [4.78, 5) is 18.7. The normalized spacial score (nSPS) is 19.2. The van der Waals surface area contributed by atoms with Gasteiger partial charge in [-0.25, -0.2) is 8.42 Å². The van der Waals surface area contributed by atoms with Crippen LogP contribution in [-0.4, -0.2) is 60.9 Å².